The van der Waals surface area contributed by atoms with E-state index >= 15 is 0 Å². The second-order valence-electron chi connectivity index (χ2n) is 6.16. The van der Waals surface area contributed by atoms with Crippen molar-refractivity contribution < 1.29 is 14.3 Å². The largest absolute Gasteiger partial charge is 0.496 e. The Morgan fingerprint density at radius 1 is 1.00 bits per heavy atom. The van der Waals surface area contributed by atoms with Crippen LogP contribution in [0.15, 0.2) is 73.1 Å². The van der Waals surface area contributed by atoms with Gasteiger partial charge in [0.05, 0.1) is 19.1 Å². The number of anilines is 1. The van der Waals surface area contributed by atoms with E-state index in [1.807, 2.05) is 48.5 Å². The van der Waals surface area contributed by atoms with Crippen molar-refractivity contribution in [2.45, 2.75) is 13.0 Å². The number of methoxy groups -OCH3 is 1. The zero-order chi connectivity index (χ0) is 19.8. The Labute approximate surface area is 163 Å². The quantitative estimate of drug-likeness (QED) is 0.665. The van der Waals surface area contributed by atoms with Crippen LogP contribution in [-0.2, 0) is 17.8 Å². The second kappa shape index (κ2) is 9.32. The first kappa shape index (κ1) is 19.1. The van der Waals surface area contributed by atoms with Crippen LogP contribution in [0.5, 0.6) is 5.75 Å². The molecule has 0 radical (unpaired) electrons. The summed E-state index contributed by atoms with van der Waals surface area (Å²) in [6.07, 6.45) is 3.38. The summed E-state index contributed by atoms with van der Waals surface area (Å²) in [4.78, 5) is 28.2. The normalized spacial score (nSPS) is 10.2. The molecule has 3 rings (SSSR count). The molecular weight excluding hydrogens is 354 g/mol. The Hall–Kier alpha value is -3.67. The van der Waals surface area contributed by atoms with Crippen LogP contribution in [0.4, 0.5) is 5.69 Å². The van der Waals surface area contributed by atoms with E-state index < -0.39 is 0 Å². The van der Waals surface area contributed by atoms with Crippen LogP contribution in [0.1, 0.15) is 21.5 Å². The minimum atomic E-state index is -0.178. The number of amides is 2. The molecule has 6 nitrogen and oxygen atoms in total. The van der Waals surface area contributed by atoms with E-state index in [4.69, 9.17) is 4.74 Å². The maximum absolute atomic E-state index is 12.3. The van der Waals surface area contributed by atoms with Crippen LogP contribution in [0.3, 0.4) is 0 Å². The summed E-state index contributed by atoms with van der Waals surface area (Å²) < 4.78 is 5.27. The van der Waals surface area contributed by atoms with Crippen LogP contribution in [0.25, 0.3) is 0 Å². The van der Waals surface area contributed by atoms with Gasteiger partial charge >= 0.3 is 0 Å². The molecule has 0 unspecified atom stereocenters. The average Bonchev–Trinajstić information content (AvgIpc) is 2.74. The van der Waals surface area contributed by atoms with Crippen LogP contribution in [0, 0.1) is 0 Å². The summed E-state index contributed by atoms with van der Waals surface area (Å²) in [5.74, 6) is 0.391. The molecule has 0 fully saturated rings. The average molecular weight is 375 g/mol. The first-order chi connectivity index (χ1) is 13.7. The molecule has 0 atom stereocenters. The predicted octanol–water partition coefficient (Wildman–Crippen LogP) is 3.20. The molecule has 0 saturated carbocycles. The van der Waals surface area contributed by atoms with Gasteiger partial charge in [0.1, 0.15) is 5.75 Å². The number of rotatable bonds is 7. The van der Waals surface area contributed by atoms with Crippen molar-refractivity contribution in [3.05, 3.63) is 89.7 Å². The highest BCUT2D eigenvalue weighted by atomic mass is 16.5. The van der Waals surface area contributed by atoms with E-state index in [-0.39, 0.29) is 18.2 Å². The van der Waals surface area contributed by atoms with Gasteiger partial charge in [0.25, 0.3) is 5.91 Å². The van der Waals surface area contributed by atoms with Gasteiger partial charge in [-0.15, -0.1) is 0 Å². The monoisotopic (exact) mass is 375 g/mol. The highest BCUT2D eigenvalue weighted by Crippen LogP contribution is 2.18. The number of hydrogen-bond donors (Lipinski definition) is 2. The second-order valence-corrected chi connectivity index (χ2v) is 6.16. The third-order valence-electron chi connectivity index (χ3n) is 4.16. The van der Waals surface area contributed by atoms with Crippen molar-refractivity contribution >= 4 is 17.5 Å². The summed E-state index contributed by atoms with van der Waals surface area (Å²) in [5, 5.41) is 5.71. The van der Waals surface area contributed by atoms with Gasteiger partial charge in [0.15, 0.2) is 0 Å². The topological polar surface area (TPSA) is 80.3 Å². The molecule has 6 heteroatoms. The van der Waals surface area contributed by atoms with Crippen LogP contribution in [0.2, 0.25) is 0 Å². The predicted molar refractivity (Wildman–Crippen MR) is 107 cm³/mol. The first-order valence-electron chi connectivity index (χ1n) is 8.84. The summed E-state index contributed by atoms with van der Waals surface area (Å²) in [6, 6.07) is 18.2. The van der Waals surface area contributed by atoms with Crippen molar-refractivity contribution in [3.8, 4) is 5.75 Å². The number of aromatic nitrogens is 1. The van der Waals surface area contributed by atoms with Crippen molar-refractivity contribution in [1.82, 2.24) is 10.3 Å². The molecular formula is C22H21N3O3. The summed E-state index contributed by atoms with van der Waals surface area (Å²) >= 11 is 0. The van der Waals surface area contributed by atoms with Gasteiger partial charge in [-0.1, -0.05) is 30.3 Å². The highest BCUT2D eigenvalue weighted by molar-refractivity contribution is 5.94. The standard InChI is InChI=1S/C22H21N3O3/c1-28-20-7-3-2-5-17(20)13-21(26)25-19-10-8-16(9-11-19)14-24-22(27)18-6-4-12-23-15-18/h2-12,15H,13-14H2,1H3,(H,24,27)(H,25,26). The maximum Gasteiger partial charge on any atom is 0.253 e. The van der Waals surface area contributed by atoms with Gasteiger partial charge in [-0.2, -0.15) is 0 Å². The molecule has 0 aliphatic rings. The van der Waals surface area contributed by atoms with Crippen molar-refractivity contribution in [3.63, 3.8) is 0 Å². The van der Waals surface area contributed by atoms with Gasteiger partial charge in [-0.05, 0) is 35.9 Å². The molecule has 142 valence electrons. The van der Waals surface area contributed by atoms with E-state index in [1.54, 1.807) is 25.4 Å². The van der Waals surface area contributed by atoms with Gasteiger partial charge in [0.2, 0.25) is 5.91 Å². The Morgan fingerprint density at radius 3 is 2.50 bits per heavy atom. The zero-order valence-corrected chi connectivity index (χ0v) is 15.5. The first-order valence-corrected chi connectivity index (χ1v) is 8.84. The summed E-state index contributed by atoms with van der Waals surface area (Å²) in [6.45, 7) is 0.392. The smallest absolute Gasteiger partial charge is 0.253 e. The Morgan fingerprint density at radius 2 is 1.79 bits per heavy atom. The molecule has 0 bridgehead atoms. The zero-order valence-electron chi connectivity index (χ0n) is 15.5. The van der Waals surface area contributed by atoms with Gasteiger partial charge in [-0.3, -0.25) is 14.6 Å². The molecule has 0 saturated heterocycles. The lowest BCUT2D eigenvalue weighted by Crippen LogP contribution is -2.22. The van der Waals surface area contributed by atoms with E-state index in [2.05, 4.69) is 15.6 Å². The number of ether oxygens (including phenoxy) is 1. The lowest BCUT2D eigenvalue weighted by molar-refractivity contribution is -0.115. The highest BCUT2D eigenvalue weighted by Gasteiger charge is 2.09. The fourth-order valence-electron chi connectivity index (χ4n) is 2.71. The minimum Gasteiger partial charge on any atom is -0.496 e. The third-order valence-corrected chi connectivity index (χ3v) is 4.16. The number of hydrogen-bond acceptors (Lipinski definition) is 4. The van der Waals surface area contributed by atoms with Gasteiger partial charge < -0.3 is 15.4 Å². The fraction of sp³-hybridized carbons (Fsp3) is 0.136. The van der Waals surface area contributed by atoms with E-state index in [1.165, 1.54) is 6.20 Å². The molecule has 0 spiro atoms. The van der Waals surface area contributed by atoms with Crippen molar-refractivity contribution in [2.75, 3.05) is 12.4 Å². The molecule has 2 N–H and O–H groups in total. The van der Waals surface area contributed by atoms with Crippen LogP contribution < -0.4 is 15.4 Å². The molecule has 28 heavy (non-hydrogen) atoms. The van der Waals surface area contributed by atoms with Crippen molar-refractivity contribution in [2.24, 2.45) is 0 Å². The third kappa shape index (κ3) is 5.17. The molecule has 3 aromatic rings. The number of pyridine rings is 1. The maximum atomic E-state index is 12.3. The molecule has 2 aromatic carbocycles. The van der Waals surface area contributed by atoms with E-state index in [0.717, 1.165) is 11.1 Å². The van der Waals surface area contributed by atoms with Gasteiger partial charge in [0, 0.05) is 30.2 Å². The number of carbonyl (C=O) groups excluding carboxylic acids is 2. The number of carbonyl (C=O) groups is 2. The van der Waals surface area contributed by atoms with Crippen LogP contribution in [-0.4, -0.2) is 23.9 Å². The Bertz CT molecular complexity index is 941. The number of nitrogens with one attached hydrogen (secondary N) is 2. The molecule has 1 heterocycles. The van der Waals surface area contributed by atoms with Crippen LogP contribution >= 0.6 is 0 Å². The summed E-state index contributed by atoms with van der Waals surface area (Å²) in [5.41, 5.74) is 2.97. The lowest BCUT2D eigenvalue weighted by Gasteiger charge is -2.10. The number of para-hydroxylation sites is 1. The molecule has 0 aliphatic heterocycles. The Kier molecular flexibility index (Phi) is 6.36. The van der Waals surface area contributed by atoms with E-state index in [0.29, 0.717) is 23.5 Å². The number of benzene rings is 2. The van der Waals surface area contributed by atoms with E-state index in [9.17, 15) is 9.59 Å². The fourth-order valence-corrected chi connectivity index (χ4v) is 2.71. The van der Waals surface area contributed by atoms with Crippen molar-refractivity contribution in [1.29, 1.82) is 0 Å². The summed E-state index contributed by atoms with van der Waals surface area (Å²) in [7, 11) is 1.59. The SMILES string of the molecule is COc1ccccc1CC(=O)Nc1ccc(CNC(=O)c2cccnc2)cc1. The Balaban J connectivity index is 1.52. The molecule has 2 amide bonds. The minimum absolute atomic E-state index is 0.123. The lowest BCUT2D eigenvalue weighted by atomic mass is 10.1. The molecule has 0 aliphatic carbocycles. The molecule has 1 aromatic heterocycles. The van der Waals surface area contributed by atoms with Gasteiger partial charge in [-0.25, -0.2) is 0 Å². The number of nitrogens with zero attached hydrogens (tertiary/aromatic N) is 1.